The molecule has 0 N–H and O–H groups in total. The lowest BCUT2D eigenvalue weighted by Gasteiger charge is -2.06. The monoisotopic (exact) mass is 257 g/mol. The summed E-state index contributed by atoms with van der Waals surface area (Å²) in [6.07, 6.45) is 1.55. The SMILES string of the molecule is CC(C)OC(=O)c1ccc(CBr)cn1. The highest BCUT2D eigenvalue weighted by Crippen LogP contribution is 2.06. The average molecular weight is 258 g/mol. The Morgan fingerprint density at radius 2 is 2.29 bits per heavy atom. The van der Waals surface area contributed by atoms with Crippen LogP contribution in [0.4, 0.5) is 0 Å². The zero-order valence-corrected chi connectivity index (χ0v) is 9.74. The molecule has 0 atom stereocenters. The van der Waals surface area contributed by atoms with E-state index in [2.05, 4.69) is 20.9 Å². The minimum Gasteiger partial charge on any atom is -0.458 e. The van der Waals surface area contributed by atoms with Crippen molar-refractivity contribution in [1.29, 1.82) is 0 Å². The third-order valence-corrected chi connectivity index (χ3v) is 2.18. The summed E-state index contributed by atoms with van der Waals surface area (Å²) in [5.41, 5.74) is 1.38. The second kappa shape index (κ2) is 5.10. The van der Waals surface area contributed by atoms with Gasteiger partial charge < -0.3 is 4.74 Å². The fourth-order valence-electron chi connectivity index (χ4n) is 0.899. The molecule has 0 aliphatic carbocycles. The van der Waals surface area contributed by atoms with Gasteiger partial charge in [0.15, 0.2) is 0 Å². The van der Waals surface area contributed by atoms with E-state index in [1.165, 1.54) is 0 Å². The van der Waals surface area contributed by atoms with Gasteiger partial charge in [0, 0.05) is 11.5 Å². The molecule has 0 unspecified atom stereocenters. The molecule has 0 spiro atoms. The molecule has 14 heavy (non-hydrogen) atoms. The lowest BCUT2D eigenvalue weighted by molar-refractivity contribution is 0.0371. The maximum atomic E-state index is 11.4. The first kappa shape index (κ1) is 11.2. The first-order valence-corrected chi connectivity index (χ1v) is 5.47. The Kier molecular flexibility index (Phi) is 4.07. The molecule has 0 aliphatic rings. The van der Waals surface area contributed by atoms with Crippen molar-refractivity contribution >= 4 is 21.9 Å². The highest BCUT2D eigenvalue weighted by atomic mass is 79.9. The van der Waals surface area contributed by atoms with Crippen LogP contribution in [0.25, 0.3) is 0 Å². The van der Waals surface area contributed by atoms with Gasteiger partial charge in [-0.1, -0.05) is 22.0 Å². The molecule has 1 aromatic heterocycles. The highest BCUT2D eigenvalue weighted by Gasteiger charge is 2.09. The Morgan fingerprint density at radius 3 is 2.71 bits per heavy atom. The van der Waals surface area contributed by atoms with Crippen LogP contribution >= 0.6 is 15.9 Å². The van der Waals surface area contributed by atoms with Gasteiger partial charge in [0.25, 0.3) is 0 Å². The van der Waals surface area contributed by atoms with Gasteiger partial charge >= 0.3 is 5.97 Å². The topological polar surface area (TPSA) is 39.2 Å². The smallest absolute Gasteiger partial charge is 0.357 e. The van der Waals surface area contributed by atoms with Gasteiger partial charge in [-0.3, -0.25) is 0 Å². The summed E-state index contributed by atoms with van der Waals surface area (Å²) < 4.78 is 5.00. The molecule has 0 amide bonds. The number of rotatable bonds is 3. The van der Waals surface area contributed by atoms with Crippen LogP contribution in [0.3, 0.4) is 0 Å². The zero-order valence-electron chi connectivity index (χ0n) is 8.16. The number of nitrogens with zero attached hydrogens (tertiary/aromatic N) is 1. The predicted molar refractivity (Wildman–Crippen MR) is 57.4 cm³/mol. The van der Waals surface area contributed by atoms with Gasteiger partial charge in [-0.15, -0.1) is 0 Å². The first-order chi connectivity index (χ1) is 6.63. The normalized spacial score (nSPS) is 10.3. The van der Waals surface area contributed by atoms with Crippen molar-refractivity contribution in [2.45, 2.75) is 25.3 Å². The number of carbonyl (C=O) groups is 1. The maximum Gasteiger partial charge on any atom is 0.357 e. The molecule has 0 fully saturated rings. The van der Waals surface area contributed by atoms with E-state index >= 15 is 0 Å². The number of hydrogen-bond acceptors (Lipinski definition) is 3. The van der Waals surface area contributed by atoms with Gasteiger partial charge in [0.05, 0.1) is 6.10 Å². The lowest BCUT2D eigenvalue weighted by atomic mass is 10.3. The molecule has 1 heterocycles. The van der Waals surface area contributed by atoms with Crippen molar-refractivity contribution in [3.8, 4) is 0 Å². The van der Waals surface area contributed by atoms with Crippen LogP contribution in [0.2, 0.25) is 0 Å². The number of alkyl halides is 1. The minimum absolute atomic E-state index is 0.111. The molecule has 1 aromatic rings. The summed E-state index contributed by atoms with van der Waals surface area (Å²) in [4.78, 5) is 15.4. The van der Waals surface area contributed by atoms with Crippen LogP contribution in [0, 0.1) is 0 Å². The average Bonchev–Trinajstić information content (AvgIpc) is 2.17. The number of hydrogen-bond donors (Lipinski definition) is 0. The minimum atomic E-state index is -0.374. The van der Waals surface area contributed by atoms with Crippen molar-refractivity contribution < 1.29 is 9.53 Å². The highest BCUT2D eigenvalue weighted by molar-refractivity contribution is 9.08. The van der Waals surface area contributed by atoms with E-state index in [1.54, 1.807) is 12.3 Å². The van der Waals surface area contributed by atoms with E-state index < -0.39 is 0 Å². The van der Waals surface area contributed by atoms with Gasteiger partial charge in [0.2, 0.25) is 0 Å². The quantitative estimate of drug-likeness (QED) is 0.617. The Morgan fingerprint density at radius 1 is 1.57 bits per heavy atom. The third kappa shape index (κ3) is 3.10. The molecule has 0 saturated heterocycles. The molecule has 4 heteroatoms. The summed E-state index contributed by atoms with van der Waals surface area (Å²) in [5, 5.41) is 0.736. The van der Waals surface area contributed by atoms with E-state index in [9.17, 15) is 4.79 Å². The van der Waals surface area contributed by atoms with Gasteiger partial charge in [0.1, 0.15) is 5.69 Å². The zero-order chi connectivity index (χ0) is 10.6. The molecule has 0 aromatic carbocycles. The summed E-state index contributed by atoms with van der Waals surface area (Å²) in [6.45, 7) is 3.62. The molecule has 76 valence electrons. The van der Waals surface area contributed by atoms with E-state index in [-0.39, 0.29) is 12.1 Å². The van der Waals surface area contributed by atoms with Crippen LogP contribution in [-0.2, 0) is 10.1 Å². The summed E-state index contributed by atoms with van der Waals surface area (Å²) >= 11 is 3.30. The standard InChI is InChI=1S/C10H12BrNO2/c1-7(2)14-10(13)9-4-3-8(5-11)6-12-9/h3-4,6-7H,5H2,1-2H3. The molecular weight excluding hydrogens is 246 g/mol. The van der Waals surface area contributed by atoms with Crippen molar-refractivity contribution in [2.75, 3.05) is 0 Å². The molecule has 1 rings (SSSR count). The lowest BCUT2D eigenvalue weighted by Crippen LogP contribution is -2.12. The number of ether oxygens (including phenoxy) is 1. The van der Waals surface area contributed by atoms with Gasteiger partial charge in [-0.25, -0.2) is 9.78 Å². The number of esters is 1. The number of carbonyl (C=O) groups excluding carboxylic acids is 1. The van der Waals surface area contributed by atoms with Crippen LogP contribution in [0.1, 0.15) is 29.9 Å². The number of pyridine rings is 1. The van der Waals surface area contributed by atoms with E-state index in [0.29, 0.717) is 5.69 Å². The fourth-order valence-corrected chi connectivity index (χ4v) is 1.23. The maximum absolute atomic E-state index is 11.4. The Balaban J connectivity index is 2.71. The Labute approximate surface area is 91.6 Å². The van der Waals surface area contributed by atoms with Crippen LogP contribution in [0.15, 0.2) is 18.3 Å². The fraction of sp³-hybridized carbons (Fsp3) is 0.400. The van der Waals surface area contributed by atoms with Crippen molar-refractivity contribution in [2.24, 2.45) is 0 Å². The van der Waals surface area contributed by atoms with Crippen LogP contribution in [0.5, 0.6) is 0 Å². The van der Waals surface area contributed by atoms with Crippen molar-refractivity contribution in [1.82, 2.24) is 4.98 Å². The summed E-state index contributed by atoms with van der Waals surface area (Å²) in [5.74, 6) is -0.374. The molecule has 0 radical (unpaired) electrons. The molecule has 0 aliphatic heterocycles. The first-order valence-electron chi connectivity index (χ1n) is 4.35. The number of aromatic nitrogens is 1. The largest absolute Gasteiger partial charge is 0.458 e. The molecule has 0 bridgehead atoms. The molecular formula is C10H12BrNO2. The van der Waals surface area contributed by atoms with E-state index in [4.69, 9.17) is 4.74 Å². The predicted octanol–water partition coefficient (Wildman–Crippen LogP) is 2.54. The Hall–Kier alpha value is -0.900. The second-order valence-corrected chi connectivity index (χ2v) is 3.70. The van der Waals surface area contributed by atoms with Crippen LogP contribution in [-0.4, -0.2) is 17.1 Å². The van der Waals surface area contributed by atoms with Gasteiger partial charge in [-0.05, 0) is 25.5 Å². The molecule has 3 nitrogen and oxygen atoms in total. The van der Waals surface area contributed by atoms with Crippen molar-refractivity contribution in [3.05, 3.63) is 29.6 Å². The van der Waals surface area contributed by atoms with E-state index in [0.717, 1.165) is 10.9 Å². The van der Waals surface area contributed by atoms with Gasteiger partial charge in [-0.2, -0.15) is 0 Å². The van der Waals surface area contributed by atoms with E-state index in [1.807, 2.05) is 19.9 Å². The Bertz CT molecular complexity index is 308. The summed E-state index contributed by atoms with van der Waals surface area (Å²) in [7, 11) is 0. The van der Waals surface area contributed by atoms with Crippen LogP contribution < -0.4 is 0 Å². The molecule has 0 saturated carbocycles. The van der Waals surface area contributed by atoms with Crippen molar-refractivity contribution in [3.63, 3.8) is 0 Å². The summed E-state index contributed by atoms with van der Waals surface area (Å²) in [6, 6.07) is 3.51. The second-order valence-electron chi connectivity index (χ2n) is 3.14. The third-order valence-electron chi connectivity index (χ3n) is 1.53. The number of halogens is 1.